The largest absolute Gasteiger partial charge is 0.398 e. The maximum absolute atomic E-state index is 6.49. The summed E-state index contributed by atoms with van der Waals surface area (Å²) in [6.07, 6.45) is 7.14. The van der Waals surface area contributed by atoms with E-state index >= 15 is 0 Å². The summed E-state index contributed by atoms with van der Waals surface area (Å²) in [5.41, 5.74) is 12.2. The van der Waals surface area contributed by atoms with E-state index in [0.717, 1.165) is 17.7 Å². The first-order chi connectivity index (χ1) is 19.8. The van der Waals surface area contributed by atoms with Crippen LogP contribution < -0.4 is 5.73 Å². The zero-order valence-electron chi connectivity index (χ0n) is 22.2. The van der Waals surface area contributed by atoms with Crippen molar-refractivity contribution in [3.05, 3.63) is 163 Å². The van der Waals surface area contributed by atoms with Crippen LogP contribution in [-0.4, -0.2) is 0 Å². The second-order valence-corrected chi connectivity index (χ2v) is 10.3. The number of nitrogens with two attached hydrogens (primary N) is 1. The Hall–Kier alpha value is -5.14. The molecule has 0 fully saturated rings. The summed E-state index contributed by atoms with van der Waals surface area (Å²) in [6.45, 7) is 0. The maximum Gasteiger partial charge on any atom is 0.0387 e. The molecular formula is C39H29N. The maximum atomic E-state index is 6.49. The van der Waals surface area contributed by atoms with Gasteiger partial charge in [0.2, 0.25) is 0 Å². The number of allylic oxidation sites excluding steroid dienone is 3. The van der Waals surface area contributed by atoms with E-state index in [1.54, 1.807) is 0 Å². The van der Waals surface area contributed by atoms with Crippen LogP contribution >= 0.6 is 0 Å². The van der Waals surface area contributed by atoms with Gasteiger partial charge in [0.15, 0.2) is 0 Å². The molecule has 2 N–H and O–H groups in total. The van der Waals surface area contributed by atoms with Crippen LogP contribution in [0.3, 0.4) is 0 Å². The Labute approximate surface area is 234 Å². The molecule has 0 aliphatic rings. The Balaban J connectivity index is 1.32. The third-order valence-corrected chi connectivity index (χ3v) is 7.92. The quantitative estimate of drug-likeness (QED) is 0.181. The van der Waals surface area contributed by atoms with Crippen LogP contribution in [0.5, 0.6) is 0 Å². The number of benzene rings is 7. The van der Waals surface area contributed by atoms with Gasteiger partial charge in [-0.15, -0.1) is 0 Å². The van der Waals surface area contributed by atoms with Crippen molar-refractivity contribution in [1.29, 1.82) is 0 Å². The van der Waals surface area contributed by atoms with Gasteiger partial charge in [-0.1, -0.05) is 140 Å². The molecular weight excluding hydrogens is 482 g/mol. The summed E-state index contributed by atoms with van der Waals surface area (Å²) in [7, 11) is 0. The van der Waals surface area contributed by atoms with E-state index in [1.807, 2.05) is 6.08 Å². The zero-order chi connectivity index (χ0) is 26.9. The molecule has 7 rings (SSSR count). The molecule has 1 heteroatoms. The van der Waals surface area contributed by atoms with Crippen LogP contribution in [0.4, 0.5) is 0 Å². The van der Waals surface area contributed by atoms with Crippen LogP contribution in [0.1, 0.15) is 11.1 Å². The molecule has 0 heterocycles. The third-order valence-electron chi connectivity index (χ3n) is 7.92. The lowest BCUT2D eigenvalue weighted by Gasteiger charge is -2.18. The molecule has 0 aliphatic carbocycles. The molecule has 190 valence electrons. The van der Waals surface area contributed by atoms with Crippen molar-refractivity contribution in [1.82, 2.24) is 0 Å². The smallest absolute Gasteiger partial charge is 0.0387 e. The fourth-order valence-corrected chi connectivity index (χ4v) is 5.99. The van der Waals surface area contributed by atoms with Crippen LogP contribution in [0, 0.1) is 0 Å². The standard InChI is InChI=1S/C39H29N/c40-38(30-25-24-27-12-1-2-14-29(27)26-30)23-10-9-17-32-33-18-5-7-20-36(33)39(37-21-8-6-19-34(32)37)35-22-11-15-28-13-3-4-16-31(28)35/h1-16,18-26H,17,40H2/b10-9-,38-23-. The summed E-state index contributed by atoms with van der Waals surface area (Å²) in [4.78, 5) is 0. The Morgan fingerprint density at radius 1 is 0.525 bits per heavy atom. The van der Waals surface area contributed by atoms with Gasteiger partial charge >= 0.3 is 0 Å². The summed E-state index contributed by atoms with van der Waals surface area (Å²) in [5, 5.41) is 10.1. The molecule has 7 aromatic carbocycles. The topological polar surface area (TPSA) is 26.0 Å². The summed E-state index contributed by atoms with van der Waals surface area (Å²) >= 11 is 0. The minimum absolute atomic E-state index is 0.767. The molecule has 0 amide bonds. The third kappa shape index (κ3) is 4.22. The monoisotopic (exact) mass is 511 g/mol. The van der Waals surface area contributed by atoms with Crippen molar-refractivity contribution < 1.29 is 0 Å². The van der Waals surface area contributed by atoms with Crippen molar-refractivity contribution in [3.63, 3.8) is 0 Å². The SMILES string of the molecule is N/C(=C\C=C/Cc1c2ccccc2c(-c2cccc3ccccc23)c2ccccc12)c1ccc2ccccc2c1. The van der Waals surface area contributed by atoms with Crippen molar-refractivity contribution in [2.75, 3.05) is 0 Å². The van der Waals surface area contributed by atoms with Gasteiger partial charge in [-0.3, -0.25) is 0 Å². The van der Waals surface area contributed by atoms with Gasteiger partial charge in [-0.2, -0.15) is 0 Å². The lowest BCUT2D eigenvalue weighted by Crippen LogP contribution is -1.95. The highest BCUT2D eigenvalue weighted by Crippen LogP contribution is 2.42. The minimum atomic E-state index is 0.767. The van der Waals surface area contributed by atoms with Crippen LogP contribution in [0.15, 0.2) is 152 Å². The van der Waals surface area contributed by atoms with Crippen molar-refractivity contribution >= 4 is 48.8 Å². The lowest BCUT2D eigenvalue weighted by atomic mass is 9.86. The first-order valence-electron chi connectivity index (χ1n) is 13.8. The average Bonchev–Trinajstić information content (AvgIpc) is 3.02. The number of hydrogen-bond acceptors (Lipinski definition) is 1. The van der Waals surface area contributed by atoms with Gasteiger partial charge in [-0.25, -0.2) is 0 Å². The highest BCUT2D eigenvalue weighted by atomic mass is 14.6. The fourth-order valence-electron chi connectivity index (χ4n) is 5.99. The number of hydrogen-bond donors (Lipinski definition) is 1. The van der Waals surface area contributed by atoms with Crippen molar-refractivity contribution in [2.45, 2.75) is 6.42 Å². The van der Waals surface area contributed by atoms with Gasteiger partial charge < -0.3 is 5.73 Å². The Morgan fingerprint density at radius 2 is 1.10 bits per heavy atom. The van der Waals surface area contributed by atoms with E-state index < -0.39 is 0 Å². The number of rotatable bonds is 5. The van der Waals surface area contributed by atoms with Crippen molar-refractivity contribution in [2.24, 2.45) is 5.73 Å². The minimum Gasteiger partial charge on any atom is -0.398 e. The van der Waals surface area contributed by atoms with Crippen molar-refractivity contribution in [3.8, 4) is 11.1 Å². The second kappa shape index (κ2) is 10.2. The number of fused-ring (bicyclic) bond motifs is 4. The molecule has 0 bridgehead atoms. The van der Waals surface area contributed by atoms with Gasteiger partial charge in [-0.05, 0) is 83.9 Å². The first-order valence-corrected chi connectivity index (χ1v) is 13.8. The van der Waals surface area contributed by atoms with Gasteiger partial charge in [0, 0.05) is 5.70 Å². The van der Waals surface area contributed by atoms with Crippen LogP contribution in [0.2, 0.25) is 0 Å². The molecule has 7 aromatic rings. The van der Waals surface area contributed by atoms with E-state index in [4.69, 9.17) is 5.73 Å². The predicted molar refractivity (Wildman–Crippen MR) is 173 cm³/mol. The Kier molecular flexibility index (Phi) is 6.11. The van der Waals surface area contributed by atoms with E-state index in [-0.39, 0.29) is 0 Å². The predicted octanol–water partition coefficient (Wildman–Crippen LogP) is 10.1. The lowest BCUT2D eigenvalue weighted by molar-refractivity contribution is 1.33. The van der Waals surface area contributed by atoms with E-state index in [9.17, 15) is 0 Å². The van der Waals surface area contributed by atoms with Crippen LogP contribution in [0.25, 0.3) is 59.9 Å². The molecule has 0 unspecified atom stereocenters. The zero-order valence-corrected chi connectivity index (χ0v) is 22.2. The van der Waals surface area contributed by atoms with E-state index in [0.29, 0.717) is 0 Å². The second-order valence-electron chi connectivity index (χ2n) is 10.3. The molecule has 0 saturated heterocycles. The average molecular weight is 512 g/mol. The molecule has 0 spiro atoms. The molecule has 0 aromatic heterocycles. The van der Waals surface area contributed by atoms with Gasteiger partial charge in [0.25, 0.3) is 0 Å². The molecule has 1 nitrogen and oxygen atoms in total. The van der Waals surface area contributed by atoms with E-state index in [1.165, 1.54) is 59.8 Å². The summed E-state index contributed by atoms with van der Waals surface area (Å²) in [6, 6.07) is 47.7. The Morgan fingerprint density at radius 3 is 1.82 bits per heavy atom. The first kappa shape index (κ1) is 23.9. The fraction of sp³-hybridized carbons (Fsp3) is 0.0256. The van der Waals surface area contributed by atoms with Crippen LogP contribution in [-0.2, 0) is 6.42 Å². The molecule has 40 heavy (non-hydrogen) atoms. The van der Waals surface area contributed by atoms with Gasteiger partial charge in [0.1, 0.15) is 0 Å². The molecule has 0 aliphatic heterocycles. The normalized spacial score (nSPS) is 12.2. The highest BCUT2D eigenvalue weighted by molar-refractivity contribution is 6.18. The summed E-state index contributed by atoms with van der Waals surface area (Å²) in [5.74, 6) is 0. The Bertz CT molecular complexity index is 2030. The molecule has 0 radical (unpaired) electrons. The summed E-state index contributed by atoms with van der Waals surface area (Å²) < 4.78 is 0. The molecule has 0 saturated carbocycles. The highest BCUT2D eigenvalue weighted by Gasteiger charge is 2.15. The molecule has 0 atom stereocenters. The van der Waals surface area contributed by atoms with Gasteiger partial charge in [0.05, 0.1) is 0 Å². The van der Waals surface area contributed by atoms with E-state index in [2.05, 4.69) is 146 Å².